The molecule has 0 atom stereocenters. The van der Waals surface area contributed by atoms with E-state index in [1.165, 1.54) is 5.56 Å². The van der Waals surface area contributed by atoms with E-state index >= 15 is 0 Å². The summed E-state index contributed by atoms with van der Waals surface area (Å²) >= 11 is 0. The van der Waals surface area contributed by atoms with Crippen molar-refractivity contribution in [2.24, 2.45) is 5.73 Å². The molecule has 2 aromatic rings. The van der Waals surface area contributed by atoms with Gasteiger partial charge in [-0.2, -0.15) is 5.10 Å². The fraction of sp³-hybridized carbons (Fsp3) is 0.500. The smallest absolute Gasteiger partial charge is 0.257 e. The van der Waals surface area contributed by atoms with E-state index in [0.29, 0.717) is 5.56 Å². The van der Waals surface area contributed by atoms with Crippen LogP contribution in [0.25, 0.3) is 5.69 Å². The van der Waals surface area contributed by atoms with E-state index in [-0.39, 0.29) is 17.4 Å². The van der Waals surface area contributed by atoms with Crippen LogP contribution < -0.4 is 5.73 Å². The Morgan fingerprint density at radius 3 is 2.32 bits per heavy atom. The molecule has 0 aliphatic carbocycles. The van der Waals surface area contributed by atoms with Crippen LogP contribution in [0.5, 0.6) is 0 Å². The zero-order chi connectivity index (χ0) is 18.2. The van der Waals surface area contributed by atoms with Crippen LogP contribution in [0.2, 0.25) is 0 Å². The zero-order valence-electron chi connectivity index (χ0n) is 15.6. The molecule has 2 heterocycles. The number of carbonyl (C=O) groups excluding carboxylic acids is 1. The van der Waals surface area contributed by atoms with Gasteiger partial charge in [-0.05, 0) is 31.9 Å². The maximum atomic E-state index is 13.1. The Morgan fingerprint density at radius 2 is 1.76 bits per heavy atom. The highest BCUT2D eigenvalue weighted by Crippen LogP contribution is 2.27. The molecule has 1 amide bonds. The molecule has 0 radical (unpaired) electrons. The van der Waals surface area contributed by atoms with Crippen LogP contribution in [0, 0.1) is 6.92 Å². The van der Waals surface area contributed by atoms with E-state index in [0.717, 1.165) is 37.3 Å². The lowest BCUT2D eigenvalue weighted by atomic mass is 9.89. The second-order valence-electron chi connectivity index (χ2n) is 8.05. The highest BCUT2D eigenvalue weighted by Gasteiger charge is 2.30. The predicted molar refractivity (Wildman–Crippen MR) is 100 cm³/mol. The monoisotopic (exact) mass is 340 g/mol. The van der Waals surface area contributed by atoms with Crippen LogP contribution in [0.1, 0.15) is 55.2 Å². The molecule has 3 rings (SSSR count). The minimum absolute atomic E-state index is 0.0650. The Morgan fingerprint density at radius 1 is 1.16 bits per heavy atom. The quantitative estimate of drug-likeness (QED) is 0.914. The number of piperidine rings is 1. The first-order chi connectivity index (χ1) is 11.8. The van der Waals surface area contributed by atoms with E-state index in [2.05, 4.69) is 39.8 Å². The summed E-state index contributed by atoms with van der Waals surface area (Å²) in [4.78, 5) is 15.0. The van der Waals surface area contributed by atoms with Crippen molar-refractivity contribution in [3.63, 3.8) is 0 Å². The van der Waals surface area contributed by atoms with Gasteiger partial charge in [0.05, 0.1) is 16.9 Å². The lowest BCUT2D eigenvalue weighted by Gasteiger charge is -2.30. The molecule has 1 aromatic heterocycles. The molecule has 25 heavy (non-hydrogen) atoms. The summed E-state index contributed by atoms with van der Waals surface area (Å²) < 4.78 is 1.82. The van der Waals surface area contributed by atoms with Gasteiger partial charge in [0.15, 0.2) is 0 Å². The van der Waals surface area contributed by atoms with Gasteiger partial charge < -0.3 is 10.6 Å². The molecule has 134 valence electrons. The summed E-state index contributed by atoms with van der Waals surface area (Å²) in [6.07, 6.45) is 3.60. The fourth-order valence-corrected chi connectivity index (χ4v) is 3.19. The lowest BCUT2D eigenvalue weighted by Crippen LogP contribution is -2.43. The molecule has 0 saturated carbocycles. The van der Waals surface area contributed by atoms with E-state index in [1.54, 1.807) is 0 Å². The number of nitrogens with two attached hydrogens (primary N) is 1. The number of amides is 1. The third kappa shape index (κ3) is 3.76. The molecule has 2 N–H and O–H groups in total. The fourth-order valence-electron chi connectivity index (χ4n) is 3.19. The van der Waals surface area contributed by atoms with Gasteiger partial charge in [0.25, 0.3) is 5.91 Å². The van der Waals surface area contributed by atoms with E-state index in [9.17, 15) is 4.79 Å². The second-order valence-corrected chi connectivity index (χ2v) is 8.05. The molecule has 5 nitrogen and oxygen atoms in total. The van der Waals surface area contributed by atoms with E-state index in [1.807, 2.05) is 27.9 Å². The third-order valence-corrected chi connectivity index (χ3v) is 4.78. The van der Waals surface area contributed by atoms with Gasteiger partial charge in [-0.15, -0.1) is 0 Å². The van der Waals surface area contributed by atoms with Crippen molar-refractivity contribution in [3.8, 4) is 5.69 Å². The first-order valence-corrected chi connectivity index (χ1v) is 8.98. The molecule has 0 spiro atoms. The number of likely N-dealkylation sites (tertiary alicyclic amines) is 1. The van der Waals surface area contributed by atoms with Crippen molar-refractivity contribution in [2.75, 3.05) is 13.1 Å². The van der Waals surface area contributed by atoms with Crippen LogP contribution in [0.4, 0.5) is 0 Å². The van der Waals surface area contributed by atoms with Crippen LogP contribution in [-0.2, 0) is 5.41 Å². The Kier molecular flexibility index (Phi) is 4.69. The SMILES string of the molecule is Cc1ccc(-n2cc(C(=O)N3CCC(N)CC3)c(C(C)(C)C)n2)cc1. The van der Waals surface area contributed by atoms with E-state index < -0.39 is 0 Å². The average molecular weight is 340 g/mol. The Hall–Kier alpha value is -2.14. The molecule has 1 saturated heterocycles. The minimum atomic E-state index is -0.201. The Bertz CT molecular complexity index is 747. The maximum Gasteiger partial charge on any atom is 0.257 e. The summed E-state index contributed by atoms with van der Waals surface area (Å²) in [6.45, 7) is 9.79. The van der Waals surface area contributed by atoms with Crippen LogP contribution in [0.3, 0.4) is 0 Å². The minimum Gasteiger partial charge on any atom is -0.338 e. The molecular weight excluding hydrogens is 312 g/mol. The number of carbonyl (C=O) groups is 1. The highest BCUT2D eigenvalue weighted by atomic mass is 16.2. The van der Waals surface area contributed by atoms with Gasteiger partial charge in [0, 0.05) is 30.7 Å². The van der Waals surface area contributed by atoms with E-state index in [4.69, 9.17) is 10.8 Å². The van der Waals surface area contributed by atoms with Crippen LogP contribution >= 0.6 is 0 Å². The largest absolute Gasteiger partial charge is 0.338 e. The van der Waals surface area contributed by atoms with Crippen molar-refractivity contribution in [2.45, 2.75) is 52.0 Å². The summed E-state index contributed by atoms with van der Waals surface area (Å²) in [5.74, 6) is 0.0650. The van der Waals surface area contributed by atoms with Crippen LogP contribution in [0.15, 0.2) is 30.5 Å². The summed E-state index contributed by atoms with van der Waals surface area (Å²) in [6, 6.07) is 8.38. The van der Waals surface area contributed by atoms with Gasteiger partial charge in [-0.3, -0.25) is 4.79 Å². The number of aromatic nitrogens is 2. The van der Waals surface area contributed by atoms with Crippen LogP contribution in [-0.4, -0.2) is 39.7 Å². The van der Waals surface area contributed by atoms with Gasteiger partial charge in [0.2, 0.25) is 0 Å². The molecule has 5 heteroatoms. The van der Waals surface area contributed by atoms with Crippen molar-refractivity contribution in [1.29, 1.82) is 0 Å². The molecule has 0 unspecified atom stereocenters. The molecule has 1 aliphatic heterocycles. The number of hydrogen-bond acceptors (Lipinski definition) is 3. The van der Waals surface area contributed by atoms with Crippen molar-refractivity contribution >= 4 is 5.91 Å². The molecule has 1 fully saturated rings. The summed E-state index contributed by atoms with van der Waals surface area (Å²) in [5, 5.41) is 4.76. The first-order valence-electron chi connectivity index (χ1n) is 8.98. The van der Waals surface area contributed by atoms with Gasteiger partial charge >= 0.3 is 0 Å². The van der Waals surface area contributed by atoms with Gasteiger partial charge in [-0.1, -0.05) is 38.5 Å². The normalized spacial score (nSPS) is 16.3. The zero-order valence-corrected chi connectivity index (χ0v) is 15.6. The van der Waals surface area contributed by atoms with Crippen molar-refractivity contribution < 1.29 is 4.79 Å². The molecule has 1 aromatic carbocycles. The summed E-state index contributed by atoms with van der Waals surface area (Å²) in [5.41, 5.74) is 9.48. The maximum absolute atomic E-state index is 13.1. The predicted octanol–water partition coefficient (Wildman–Crippen LogP) is 3.04. The number of hydrogen-bond donors (Lipinski definition) is 1. The third-order valence-electron chi connectivity index (χ3n) is 4.78. The Labute approximate surface area is 149 Å². The average Bonchev–Trinajstić information content (AvgIpc) is 3.01. The standard InChI is InChI=1S/C20H28N4O/c1-14-5-7-16(8-6-14)24-13-17(18(22-24)20(2,3)4)19(25)23-11-9-15(21)10-12-23/h5-8,13,15H,9-12,21H2,1-4H3. The number of rotatable bonds is 2. The number of aryl methyl sites for hydroxylation is 1. The van der Waals surface area contributed by atoms with Gasteiger partial charge in [0.1, 0.15) is 0 Å². The lowest BCUT2D eigenvalue weighted by molar-refractivity contribution is 0.0712. The van der Waals surface area contributed by atoms with Crippen molar-refractivity contribution in [3.05, 3.63) is 47.3 Å². The highest BCUT2D eigenvalue weighted by molar-refractivity contribution is 5.95. The molecule has 0 bridgehead atoms. The Balaban J connectivity index is 1.97. The first kappa shape index (κ1) is 17.7. The topological polar surface area (TPSA) is 64.2 Å². The number of nitrogens with zero attached hydrogens (tertiary/aromatic N) is 3. The summed E-state index contributed by atoms with van der Waals surface area (Å²) in [7, 11) is 0. The molecule has 1 aliphatic rings. The second kappa shape index (κ2) is 6.64. The van der Waals surface area contributed by atoms with Gasteiger partial charge in [-0.25, -0.2) is 4.68 Å². The number of benzene rings is 1. The molecular formula is C20H28N4O. The van der Waals surface area contributed by atoms with Crippen molar-refractivity contribution in [1.82, 2.24) is 14.7 Å².